The van der Waals surface area contributed by atoms with Crippen LogP contribution in [-0.2, 0) is 15.8 Å². The van der Waals surface area contributed by atoms with E-state index >= 15 is 0 Å². The molecule has 0 spiro atoms. The van der Waals surface area contributed by atoms with Crippen LogP contribution in [0.15, 0.2) is 71.8 Å². The lowest BCUT2D eigenvalue weighted by atomic mass is 10.2. The van der Waals surface area contributed by atoms with Crippen LogP contribution >= 0.6 is 0 Å². The van der Waals surface area contributed by atoms with Crippen LogP contribution in [0.4, 0.5) is 18.9 Å². The number of ether oxygens (including phenoxy) is 3. The zero-order valence-electron chi connectivity index (χ0n) is 19.5. The van der Waals surface area contributed by atoms with Gasteiger partial charge in [-0.05, 0) is 72.3 Å². The molecule has 0 saturated carbocycles. The van der Waals surface area contributed by atoms with Gasteiger partial charge in [-0.2, -0.15) is 18.3 Å². The number of anilines is 1. The minimum atomic E-state index is -4.52. The number of rotatable bonds is 7. The summed E-state index contributed by atoms with van der Waals surface area (Å²) in [6.45, 7) is 0. The topological polar surface area (TPSA) is 115 Å². The molecule has 3 aromatic rings. The standard InChI is InChI=1S/C25H20F3N3O6/c1-35-19-10-4-16(5-11-19)24(34)37-20-12-3-15(13-21(20)36-2)14-29-31-23(33)22(32)30-18-8-6-17(7-9-18)25(26,27)28/h3-14H,1-2H3,(H,30,32)(H,31,33)/b29-14+. The van der Waals surface area contributed by atoms with Crippen LogP contribution in [0.1, 0.15) is 21.5 Å². The van der Waals surface area contributed by atoms with E-state index in [-0.39, 0.29) is 17.2 Å². The van der Waals surface area contributed by atoms with Crippen molar-refractivity contribution in [1.82, 2.24) is 5.43 Å². The van der Waals surface area contributed by atoms with Gasteiger partial charge in [0.05, 0.1) is 31.6 Å². The van der Waals surface area contributed by atoms with Gasteiger partial charge in [-0.15, -0.1) is 0 Å². The first-order valence-corrected chi connectivity index (χ1v) is 10.5. The Hall–Kier alpha value is -4.87. The molecule has 12 heteroatoms. The van der Waals surface area contributed by atoms with Gasteiger partial charge in [-0.3, -0.25) is 9.59 Å². The summed E-state index contributed by atoms with van der Waals surface area (Å²) in [4.78, 5) is 36.3. The number of halogens is 3. The van der Waals surface area contributed by atoms with Crippen LogP contribution in [0.25, 0.3) is 0 Å². The number of esters is 1. The van der Waals surface area contributed by atoms with Crippen molar-refractivity contribution in [3.8, 4) is 17.2 Å². The number of methoxy groups -OCH3 is 2. The maximum absolute atomic E-state index is 12.6. The van der Waals surface area contributed by atoms with Crippen molar-refractivity contribution in [2.45, 2.75) is 6.18 Å². The molecule has 3 aromatic carbocycles. The second kappa shape index (κ2) is 11.7. The maximum atomic E-state index is 12.6. The maximum Gasteiger partial charge on any atom is 0.416 e. The van der Waals surface area contributed by atoms with E-state index in [4.69, 9.17) is 14.2 Å². The monoisotopic (exact) mass is 515 g/mol. The predicted molar refractivity (Wildman–Crippen MR) is 127 cm³/mol. The van der Waals surface area contributed by atoms with Gasteiger partial charge in [0.1, 0.15) is 5.75 Å². The van der Waals surface area contributed by atoms with Gasteiger partial charge in [0.2, 0.25) is 0 Å². The van der Waals surface area contributed by atoms with Crippen LogP contribution < -0.4 is 25.0 Å². The summed E-state index contributed by atoms with van der Waals surface area (Å²) in [5.74, 6) is -1.96. The second-order valence-electron chi connectivity index (χ2n) is 7.26. The van der Waals surface area contributed by atoms with Gasteiger partial charge < -0.3 is 19.5 Å². The van der Waals surface area contributed by atoms with Gasteiger partial charge in [0.25, 0.3) is 0 Å². The molecule has 0 bridgehead atoms. The highest BCUT2D eigenvalue weighted by Crippen LogP contribution is 2.30. The Morgan fingerprint density at radius 1 is 0.838 bits per heavy atom. The third-order valence-corrected chi connectivity index (χ3v) is 4.77. The van der Waals surface area contributed by atoms with Gasteiger partial charge in [-0.25, -0.2) is 10.2 Å². The summed E-state index contributed by atoms with van der Waals surface area (Å²) >= 11 is 0. The summed E-state index contributed by atoms with van der Waals surface area (Å²) in [6, 6.07) is 14.4. The molecule has 2 amide bonds. The molecule has 0 saturated heterocycles. The van der Waals surface area contributed by atoms with E-state index in [0.717, 1.165) is 24.3 Å². The summed E-state index contributed by atoms with van der Waals surface area (Å²) < 4.78 is 53.5. The van der Waals surface area contributed by atoms with E-state index < -0.39 is 29.5 Å². The van der Waals surface area contributed by atoms with E-state index in [1.54, 1.807) is 24.3 Å². The molecule has 192 valence electrons. The third-order valence-electron chi connectivity index (χ3n) is 4.77. The molecule has 0 unspecified atom stereocenters. The quantitative estimate of drug-likeness (QED) is 0.161. The van der Waals surface area contributed by atoms with Gasteiger partial charge in [0.15, 0.2) is 11.5 Å². The Kier molecular flexibility index (Phi) is 8.46. The van der Waals surface area contributed by atoms with E-state index in [9.17, 15) is 27.6 Å². The zero-order chi connectivity index (χ0) is 27.0. The first-order chi connectivity index (χ1) is 17.6. The number of hydrazone groups is 1. The fourth-order valence-electron chi connectivity index (χ4n) is 2.88. The molecule has 3 rings (SSSR count). The van der Waals surface area contributed by atoms with Gasteiger partial charge in [0, 0.05) is 5.69 Å². The van der Waals surface area contributed by atoms with E-state index in [1.165, 1.54) is 38.6 Å². The van der Waals surface area contributed by atoms with Crippen molar-refractivity contribution in [3.63, 3.8) is 0 Å². The lowest BCUT2D eigenvalue weighted by molar-refractivity contribution is -0.137. The molecule has 0 aliphatic rings. The summed E-state index contributed by atoms with van der Waals surface area (Å²) in [6.07, 6.45) is -3.31. The first kappa shape index (κ1) is 26.7. The molecule has 0 aromatic heterocycles. The number of carbonyl (C=O) groups excluding carboxylic acids is 3. The largest absolute Gasteiger partial charge is 0.497 e. The van der Waals surface area contributed by atoms with Gasteiger partial charge >= 0.3 is 24.0 Å². The minimum Gasteiger partial charge on any atom is -0.497 e. The summed E-state index contributed by atoms with van der Waals surface area (Å²) in [7, 11) is 2.88. The van der Waals surface area contributed by atoms with Crippen LogP contribution in [0.5, 0.6) is 17.2 Å². The summed E-state index contributed by atoms with van der Waals surface area (Å²) in [5.41, 5.74) is 1.85. The molecule has 0 atom stereocenters. The molecule has 0 fully saturated rings. The molecule has 0 aliphatic heterocycles. The lowest BCUT2D eigenvalue weighted by Gasteiger charge is -2.10. The first-order valence-electron chi connectivity index (χ1n) is 10.5. The molecule has 0 aliphatic carbocycles. The molecular formula is C25H20F3N3O6. The number of hydrogen-bond acceptors (Lipinski definition) is 7. The second-order valence-corrected chi connectivity index (χ2v) is 7.26. The van der Waals surface area contributed by atoms with Crippen LogP contribution in [-0.4, -0.2) is 38.2 Å². The van der Waals surface area contributed by atoms with Crippen molar-refractivity contribution in [2.24, 2.45) is 5.10 Å². The number of nitrogens with one attached hydrogen (secondary N) is 2. The van der Waals surface area contributed by atoms with E-state index in [0.29, 0.717) is 16.9 Å². The SMILES string of the molecule is COc1ccc(C(=O)Oc2ccc(/C=N/NC(=O)C(=O)Nc3ccc(C(F)(F)F)cc3)cc2OC)cc1. The molecule has 9 nitrogen and oxygen atoms in total. The highest BCUT2D eigenvalue weighted by Gasteiger charge is 2.30. The average Bonchev–Trinajstić information content (AvgIpc) is 2.89. The minimum absolute atomic E-state index is 0.00152. The predicted octanol–water partition coefficient (Wildman–Crippen LogP) is 4.03. The Morgan fingerprint density at radius 2 is 1.51 bits per heavy atom. The van der Waals surface area contributed by atoms with E-state index in [2.05, 4.69) is 10.4 Å². The fourth-order valence-corrected chi connectivity index (χ4v) is 2.88. The van der Waals surface area contributed by atoms with Crippen molar-refractivity contribution in [1.29, 1.82) is 0 Å². The Bertz CT molecular complexity index is 1310. The highest BCUT2D eigenvalue weighted by atomic mass is 19.4. The number of hydrogen-bond donors (Lipinski definition) is 2. The fraction of sp³-hybridized carbons (Fsp3) is 0.120. The smallest absolute Gasteiger partial charge is 0.416 e. The number of amides is 2. The molecular weight excluding hydrogens is 495 g/mol. The third kappa shape index (κ3) is 7.31. The number of nitrogens with zero attached hydrogens (tertiary/aromatic N) is 1. The van der Waals surface area contributed by atoms with Crippen molar-refractivity contribution in [2.75, 3.05) is 19.5 Å². The van der Waals surface area contributed by atoms with Crippen molar-refractivity contribution < 1.29 is 41.8 Å². The van der Waals surface area contributed by atoms with E-state index in [1.807, 2.05) is 5.43 Å². The molecule has 0 radical (unpaired) electrons. The van der Waals surface area contributed by atoms with Crippen LogP contribution in [0.3, 0.4) is 0 Å². The molecule has 2 N–H and O–H groups in total. The highest BCUT2D eigenvalue weighted by molar-refractivity contribution is 6.39. The van der Waals surface area contributed by atoms with Crippen LogP contribution in [0, 0.1) is 0 Å². The normalized spacial score (nSPS) is 11.1. The Morgan fingerprint density at radius 3 is 2.11 bits per heavy atom. The Labute approximate surface area is 208 Å². The van der Waals surface area contributed by atoms with Gasteiger partial charge in [-0.1, -0.05) is 0 Å². The van der Waals surface area contributed by atoms with Crippen molar-refractivity contribution in [3.05, 3.63) is 83.4 Å². The number of alkyl halides is 3. The Balaban J connectivity index is 1.58. The molecule has 37 heavy (non-hydrogen) atoms. The zero-order valence-corrected chi connectivity index (χ0v) is 19.5. The molecule has 0 heterocycles. The number of carbonyl (C=O) groups is 3. The van der Waals surface area contributed by atoms with Crippen LogP contribution in [0.2, 0.25) is 0 Å². The summed E-state index contributed by atoms with van der Waals surface area (Å²) in [5, 5.41) is 5.84. The average molecular weight is 515 g/mol. The van der Waals surface area contributed by atoms with Crippen molar-refractivity contribution >= 4 is 29.7 Å². The number of benzene rings is 3. The lowest BCUT2D eigenvalue weighted by Crippen LogP contribution is -2.32.